The molecule has 10 heteroatoms. The number of amides is 3. The minimum atomic E-state index is -3.65. The Morgan fingerprint density at radius 2 is 1.75 bits per heavy atom. The number of nitrogens with one attached hydrogen (secondary N) is 3. The number of rotatable bonds is 5. The minimum absolute atomic E-state index is 0.0871. The number of anilines is 2. The van der Waals surface area contributed by atoms with Gasteiger partial charge < -0.3 is 16.0 Å². The van der Waals surface area contributed by atoms with Gasteiger partial charge in [0.05, 0.1) is 11.3 Å². The molecular weight excluding hydrogens is 432 g/mol. The second kappa shape index (κ2) is 8.71. The Labute approximate surface area is 186 Å². The molecule has 2 aliphatic rings. The summed E-state index contributed by atoms with van der Waals surface area (Å²) in [5.74, 6) is -0.548. The standard InChI is InChI=1S/C22H24N4O5S/c1-14(27)23-17-3-5-19(6-4-17)32(30,31)26-10-8-18(9-11-26)24-22(29)15-2-7-20-16(12-15)13-21(28)25-20/h2-7,12,18H,8-11,13H2,1H3,(H,23,27)(H,24,29)(H,25,28). The Morgan fingerprint density at radius 3 is 2.41 bits per heavy atom. The van der Waals surface area contributed by atoms with Crippen LogP contribution in [0.5, 0.6) is 0 Å². The Hall–Kier alpha value is -3.24. The summed E-state index contributed by atoms with van der Waals surface area (Å²) in [6.07, 6.45) is 1.26. The summed E-state index contributed by atoms with van der Waals surface area (Å²) in [4.78, 5) is 35.4. The van der Waals surface area contributed by atoms with Crippen molar-refractivity contribution in [1.82, 2.24) is 9.62 Å². The molecule has 2 aliphatic heterocycles. The van der Waals surface area contributed by atoms with Crippen molar-refractivity contribution in [2.24, 2.45) is 0 Å². The zero-order chi connectivity index (χ0) is 22.9. The van der Waals surface area contributed by atoms with Crippen molar-refractivity contribution in [3.05, 3.63) is 53.6 Å². The summed E-state index contributed by atoms with van der Waals surface area (Å²) in [7, 11) is -3.65. The fourth-order valence-electron chi connectivity index (χ4n) is 3.94. The quantitative estimate of drug-likeness (QED) is 0.632. The molecule has 0 unspecified atom stereocenters. The third kappa shape index (κ3) is 4.66. The number of nitrogens with zero attached hydrogens (tertiary/aromatic N) is 1. The highest BCUT2D eigenvalue weighted by molar-refractivity contribution is 7.89. The van der Waals surface area contributed by atoms with Gasteiger partial charge in [-0.05, 0) is 60.9 Å². The molecule has 0 bridgehead atoms. The van der Waals surface area contributed by atoms with E-state index in [9.17, 15) is 22.8 Å². The van der Waals surface area contributed by atoms with Crippen LogP contribution in [-0.4, -0.2) is 49.6 Å². The fraction of sp³-hybridized carbons (Fsp3) is 0.318. The first kappa shape index (κ1) is 22.0. The van der Waals surface area contributed by atoms with Crippen LogP contribution < -0.4 is 16.0 Å². The summed E-state index contributed by atoms with van der Waals surface area (Å²) in [6, 6.07) is 11.0. The fourth-order valence-corrected chi connectivity index (χ4v) is 5.41. The van der Waals surface area contributed by atoms with Crippen LogP contribution >= 0.6 is 0 Å². The third-order valence-corrected chi connectivity index (χ3v) is 7.51. The number of piperidine rings is 1. The van der Waals surface area contributed by atoms with Gasteiger partial charge in [-0.1, -0.05) is 0 Å². The van der Waals surface area contributed by atoms with E-state index in [1.165, 1.54) is 23.4 Å². The molecular formula is C22H24N4O5S. The van der Waals surface area contributed by atoms with E-state index in [1.807, 2.05) is 0 Å². The number of carbonyl (C=O) groups is 3. The maximum atomic E-state index is 12.9. The highest BCUT2D eigenvalue weighted by atomic mass is 32.2. The van der Waals surface area contributed by atoms with Gasteiger partial charge in [-0.2, -0.15) is 4.31 Å². The molecule has 2 aromatic rings. The van der Waals surface area contributed by atoms with Gasteiger partial charge in [0, 0.05) is 43.0 Å². The van der Waals surface area contributed by atoms with Crippen LogP contribution in [0, 0.1) is 0 Å². The van der Waals surface area contributed by atoms with Crippen LogP contribution in [0.1, 0.15) is 35.7 Å². The molecule has 9 nitrogen and oxygen atoms in total. The normalized spacial score (nSPS) is 16.8. The van der Waals surface area contributed by atoms with Gasteiger partial charge >= 0.3 is 0 Å². The smallest absolute Gasteiger partial charge is 0.251 e. The molecule has 1 saturated heterocycles. The van der Waals surface area contributed by atoms with Crippen LogP contribution in [0.4, 0.5) is 11.4 Å². The molecule has 2 heterocycles. The second-order valence-corrected chi connectivity index (χ2v) is 9.89. The van der Waals surface area contributed by atoms with Crippen LogP contribution in [0.25, 0.3) is 0 Å². The van der Waals surface area contributed by atoms with Crippen LogP contribution in [0.2, 0.25) is 0 Å². The average molecular weight is 457 g/mol. The maximum Gasteiger partial charge on any atom is 0.251 e. The number of fused-ring (bicyclic) bond motifs is 1. The molecule has 0 spiro atoms. The summed E-state index contributed by atoms with van der Waals surface area (Å²) in [5, 5.41) is 8.31. The van der Waals surface area contributed by atoms with Crippen molar-refractivity contribution in [3.8, 4) is 0 Å². The van der Waals surface area contributed by atoms with Crippen molar-refractivity contribution in [1.29, 1.82) is 0 Å². The van der Waals surface area contributed by atoms with E-state index in [0.717, 1.165) is 11.3 Å². The lowest BCUT2D eigenvalue weighted by Crippen LogP contribution is -2.46. The Balaban J connectivity index is 1.34. The first-order valence-electron chi connectivity index (χ1n) is 10.3. The molecule has 0 radical (unpaired) electrons. The predicted octanol–water partition coefficient (Wildman–Crippen LogP) is 1.72. The Morgan fingerprint density at radius 1 is 1.06 bits per heavy atom. The van der Waals surface area contributed by atoms with Crippen molar-refractivity contribution < 1.29 is 22.8 Å². The van der Waals surface area contributed by atoms with Crippen molar-refractivity contribution in [3.63, 3.8) is 0 Å². The van der Waals surface area contributed by atoms with Gasteiger partial charge in [0.15, 0.2) is 0 Å². The number of sulfonamides is 1. The van der Waals surface area contributed by atoms with Crippen LogP contribution in [0.15, 0.2) is 47.4 Å². The molecule has 0 aromatic heterocycles. The summed E-state index contributed by atoms with van der Waals surface area (Å²) in [6.45, 7) is 1.97. The molecule has 3 N–H and O–H groups in total. The Bertz CT molecular complexity index is 1170. The molecule has 32 heavy (non-hydrogen) atoms. The van der Waals surface area contributed by atoms with E-state index >= 15 is 0 Å². The van der Waals surface area contributed by atoms with Gasteiger partial charge in [0.1, 0.15) is 0 Å². The number of hydrogen-bond donors (Lipinski definition) is 3. The van der Waals surface area contributed by atoms with Crippen molar-refractivity contribution >= 4 is 39.1 Å². The Kier molecular flexibility index (Phi) is 5.98. The lowest BCUT2D eigenvalue weighted by Gasteiger charge is -2.31. The van der Waals surface area contributed by atoms with Gasteiger partial charge in [-0.15, -0.1) is 0 Å². The number of hydrogen-bond acceptors (Lipinski definition) is 5. The van der Waals surface area contributed by atoms with Crippen LogP contribution in [-0.2, 0) is 26.0 Å². The molecule has 0 aliphatic carbocycles. The monoisotopic (exact) mass is 456 g/mol. The van der Waals surface area contributed by atoms with Gasteiger partial charge in [-0.3, -0.25) is 14.4 Å². The molecule has 0 atom stereocenters. The van der Waals surface area contributed by atoms with Gasteiger partial charge in [0.2, 0.25) is 21.8 Å². The van der Waals surface area contributed by atoms with Crippen molar-refractivity contribution in [2.45, 2.75) is 37.1 Å². The van der Waals surface area contributed by atoms with E-state index < -0.39 is 10.0 Å². The minimum Gasteiger partial charge on any atom is -0.349 e. The van der Waals surface area contributed by atoms with Gasteiger partial charge in [0.25, 0.3) is 5.91 Å². The predicted molar refractivity (Wildman–Crippen MR) is 119 cm³/mol. The lowest BCUT2D eigenvalue weighted by atomic mass is 10.0. The SMILES string of the molecule is CC(=O)Nc1ccc(S(=O)(=O)N2CCC(NC(=O)c3ccc4c(c3)CC(=O)N4)CC2)cc1. The highest BCUT2D eigenvalue weighted by Crippen LogP contribution is 2.25. The summed E-state index contributed by atoms with van der Waals surface area (Å²) in [5.41, 5.74) is 2.54. The molecule has 168 valence electrons. The first-order valence-corrected chi connectivity index (χ1v) is 11.8. The molecule has 4 rings (SSSR count). The van der Waals surface area contributed by atoms with Crippen molar-refractivity contribution in [2.75, 3.05) is 23.7 Å². The van der Waals surface area contributed by atoms with Crippen LogP contribution in [0.3, 0.4) is 0 Å². The first-order chi connectivity index (χ1) is 15.2. The van der Waals surface area contributed by atoms with E-state index in [-0.39, 0.29) is 35.1 Å². The lowest BCUT2D eigenvalue weighted by molar-refractivity contribution is -0.115. The molecule has 1 fully saturated rings. The molecule has 0 saturated carbocycles. The zero-order valence-electron chi connectivity index (χ0n) is 17.6. The van der Waals surface area contributed by atoms with E-state index in [4.69, 9.17) is 0 Å². The largest absolute Gasteiger partial charge is 0.349 e. The molecule has 2 aromatic carbocycles. The summed E-state index contributed by atoms with van der Waals surface area (Å²) >= 11 is 0. The van der Waals surface area contributed by atoms with E-state index in [1.54, 1.807) is 30.3 Å². The average Bonchev–Trinajstić information content (AvgIpc) is 3.13. The third-order valence-electron chi connectivity index (χ3n) is 5.59. The summed E-state index contributed by atoms with van der Waals surface area (Å²) < 4.78 is 27.3. The topological polar surface area (TPSA) is 125 Å². The van der Waals surface area contributed by atoms with E-state index in [0.29, 0.717) is 37.2 Å². The number of carbonyl (C=O) groups excluding carboxylic acids is 3. The number of benzene rings is 2. The second-order valence-electron chi connectivity index (χ2n) is 7.95. The van der Waals surface area contributed by atoms with E-state index in [2.05, 4.69) is 16.0 Å². The van der Waals surface area contributed by atoms with Gasteiger partial charge in [-0.25, -0.2) is 8.42 Å². The molecule has 3 amide bonds. The zero-order valence-corrected chi connectivity index (χ0v) is 18.4. The maximum absolute atomic E-state index is 12.9. The highest BCUT2D eigenvalue weighted by Gasteiger charge is 2.30.